The number of hydrogen-bond acceptors (Lipinski definition) is 2. The molecule has 0 aromatic heterocycles. The van der Waals surface area contributed by atoms with Crippen molar-refractivity contribution in [2.45, 2.75) is 38.5 Å². The Balaban J connectivity index is 2.48. The first-order valence-electron chi connectivity index (χ1n) is 5.84. The third-order valence-electron chi connectivity index (χ3n) is 3.32. The van der Waals surface area contributed by atoms with E-state index in [2.05, 4.69) is 11.9 Å². The van der Waals surface area contributed by atoms with Gasteiger partial charge in [-0.1, -0.05) is 25.3 Å². The minimum atomic E-state index is -0.278. The topological polar surface area (TPSA) is 55.1 Å². The minimum absolute atomic E-state index is 0.145. The maximum absolute atomic E-state index is 12.0. The van der Waals surface area contributed by atoms with Crippen molar-refractivity contribution in [1.29, 1.82) is 0 Å². The van der Waals surface area contributed by atoms with Crippen LogP contribution in [0.1, 0.15) is 38.5 Å². The van der Waals surface area contributed by atoms with Crippen molar-refractivity contribution in [1.82, 2.24) is 5.32 Å². The van der Waals surface area contributed by atoms with Gasteiger partial charge >= 0.3 is 0 Å². The number of rotatable bonds is 5. The first-order chi connectivity index (χ1) is 7.25. The van der Waals surface area contributed by atoms with Gasteiger partial charge in [0.1, 0.15) is 0 Å². The molecule has 15 heavy (non-hydrogen) atoms. The molecule has 0 atom stereocenters. The van der Waals surface area contributed by atoms with E-state index in [1.54, 1.807) is 0 Å². The van der Waals surface area contributed by atoms with Crippen molar-refractivity contribution in [3.8, 4) is 0 Å². The molecular weight excluding hydrogens is 188 g/mol. The maximum atomic E-state index is 12.0. The molecule has 0 unspecified atom stereocenters. The van der Waals surface area contributed by atoms with E-state index in [9.17, 15) is 4.79 Å². The number of nitrogens with one attached hydrogen (secondary N) is 1. The molecule has 1 rings (SSSR count). The number of hydrogen-bond donors (Lipinski definition) is 2. The quantitative estimate of drug-likeness (QED) is 0.535. The third kappa shape index (κ3) is 3.06. The van der Waals surface area contributed by atoms with Gasteiger partial charge in [-0.15, -0.1) is 6.58 Å². The van der Waals surface area contributed by atoms with Crippen LogP contribution in [0.15, 0.2) is 12.7 Å². The van der Waals surface area contributed by atoms with Crippen LogP contribution in [0.3, 0.4) is 0 Å². The average Bonchev–Trinajstić information content (AvgIpc) is 2.30. The smallest absolute Gasteiger partial charge is 0.227 e. The lowest BCUT2D eigenvalue weighted by molar-refractivity contribution is -0.132. The first kappa shape index (κ1) is 12.2. The van der Waals surface area contributed by atoms with Gasteiger partial charge in [0.2, 0.25) is 5.91 Å². The Kier molecular flexibility index (Phi) is 4.82. The summed E-state index contributed by atoms with van der Waals surface area (Å²) in [6.07, 6.45) is 8.04. The minimum Gasteiger partial charge on any atom is -0.355 e. The van der Waals surface area contributed by atoms with Gasteiger partial charge in [0.15, 0.2) is 0 Å². The molecule has 1 amide bonds. The molecule has 3 nitrogen and oxygen atoms in total. The zero-order valence-corrected chi connectivity index (χ0v) is 9.43. The zero-order valence-electron chi connectivity index (χ0n) is 9.43. The Bertz CT molecular complexity index is 220. The van der Waals surface area contributed by atoms with Crippen LogP contribution in [0.5, 0.6) is 0 Å². The highest BCUT2D eigenvalue weighted by molar-refractivity contribution is 5.83. The van der Waals surface area contributed by atoms with Gasteiger partial charge in [0, 0.05) is 13.1 Å². The lowest BCUT2D eigenvalue weighted by atomic mass is 9.73. The predicted octanol–water partition coefficient (Wildman–Crippen LogP) is 1.59. The molecule has 0 aromatic rings. The van der Waals surface area contributed by atoms with Crippen LogP contribution in [0, 0.1) is 5.41 Å². The molecule has 0 spiro atoms. The Morgan fingerprint density at radius 3 is 2.60 bits per heavy atom. The second kappa shape index (κ2) is 5.91. The standard InChI is InChI=1S/C12H22N2O/c1-2-3-9-14-11(15)12(10-13)7-5-4-6-8-12/h2H,1,3-10,13H2,(H,14,15). The van der Waals surface area contributed by atoms with Crippen LogP contribution >= 0.6 is 0 Å². The molecule has 3 heteroatoms. The van der Waals surface area contributed by atoms with Crippen LogP contribution in [0.4, 0.5) is 0 Å². The Labute approximate surface area is 92.1 Å². The molecule has 0 aromatic carbocycles. The van der Waals surface area contributed by atoms with E-state index in [0.717, 1.165) is 32.1 Å². The molecule has 0 radical (unpaired) electrons. The molecule has 0 heterocycles. The van der Waals surface area contributed by atoms with Gasteiger partial charge in [-0.3, -0.25) is 4.79 Å². The summed E-state index contributed by atoms with van der Waals surface area (Å²) in [5, 5.41) is 2.95. The number of amides is 1. The summed E-state index contributed by atoms with van der Waals surface area (Å²) in [6.45, 7) is 4.80. The fourth-order valence-corrected chi connectivity index (χ4v) is 2.23. The van der Waals surface area contributed by atoms with E-state index < -0.39 is 0 Å². The summed E-state index contributed by atoms with van der Waals surface area (Å²) >= 11 is 0. The molecule has 3 N–H and O–H groups in total. The van der Waals surface area contributed by atoms with E-state index in [-0.39, 0.29) is 11.3 Å². The highest BCUT2D eigenvalue weighted by Crippen LogP contribution is 2.35. The summed E-state index contributed by atoms with van der Waals surface area (Å²) in [7, 11) is 0. The first-order valence-corrected chi connectivity index (χ1v) is 5.84. The SMILES string of the molecule is C=CCCNC(=O)C1(CN)CCCCC1. The highest BCUT2D eigenvalue weighted by atomic mass is 16.2. The molecule has 0 aliphatic heterocycles. The molecular formula is C12H22N2O. The molecule has 1 aliphatic carbocycles. The molecule has 1 fully saturated rings. The molecule has 0 saturated heterocycles. The maximum Gasteiger partial charge on any atom is 0.227 e. The fourth-order valence-electron chi connectivity index (χ4n) is 2.23. The second-order valence-electron chi connectivity index (χ2n) is 4.38. The summed E-state index contributed by atoms with van der Waals surface area (Å²) in [4.78, 5) is 12.0. The van der Waals surface area contributed by atoms with Gasteiger partial charge in [-0.2, -0.15) is 0 Å². The van der Waals surface area contributed by atoms with E-state index in [0.29, 0.717) is 13.1 Å². The summed E-state index contributed by atoms with van der Waals surface area (Å²) < 4.78 is 0. The second-order valence-corrected chi connectivity index (χ2v) is 4.38. The normalized spacial score (nSPS) is 19.5. The van der Waals surface area contributed by atoms with Crippen LogP contribution in [0.25, 0.3) is 0 Å². The van der Waals surface area contributed by atoms with Crippen molar-refractivity contribution < 1.29 is 4.79 Å². The van der Waals surface area contributed by atoms with E-state index in [1.165, 1.54) is 6.42 Å². The summed E-state index contributed by atoms with van der Waals surface area (Å²) in [6, 6.07) is 0. The Morgan fingerprint density at radius 2 is 2.07 bits per heavy atom. The molecule has 86 valence electrons. The van der Waals surface area contributed by atoms with Crippen LogP contribution < -0.4 is 11.1 Å². The Hall–Kier alpha value is -0.830. The van der Waals surface area contributed by atoms with E-state index in [4.69, 9.17) is 5.73 Å². The number of nitrogens with two attached hydrogens (primary N) is 1. The average molecular weight is 210 g/mol. The number of carbonyl (C=O) groups excluding carboxylic acids is 1. The molecule has 1 saturated carbocycles. The van der Waals surface area contributed by atoms with Crippen molar-refractivity contribution in [2.75, 3.05) is 13.1 Å². The number of carbonyl (C=O) groups is 1. The predicted molar refractivity (Wildman–Crippen MR) is 62.4 cm³/mol. The van der Waals surface area contributed by atoms with Crippen molar-refractivity contribution >= 4 is 5.91 Å². The lowest BCUT2D eigenvalue weighted by Crippen LogP contribution is -2.47. The van der Waals surface area contributed by atoms with Crippen LogP contribution in [-0.4, -0.2) is 19.0 Å². The third-order valence-corrected chi connectivity index (χ3v) is 3.32. The largest absolute Gasteiger partial charge is 0.355 e. The van der Waals surface area contributed by atoms with Gasteiger partial charge in [-0.25, -0.2) is 0 Å². The highest BCUT2D eigenvalue weighted by Gasteiger charge is 2.37. The van der Waals surface area contributed by atoms with Crippen molar-refractivity contribution in [2.24, 2.45) is 11.1 Å². The fraction of sp³-hybridized carbons (Fsp3) is 0.750. The van der Waals surface area contributed by atoms with Gasteiger partial charge in [0.25, 0.3) is 0 Å². The zero-order chi connectivity index (χ0) is 11.1. The van der Waals surface area contributed by atoms with Crippen LogP contribution in [-0.2, 0) is 4.79 Å². The van der Waals surface area contributed by atoms with Crippen molar-refractivity contribution in [3.63, 3.8) is 0 Å². The van der Waals surface area contributed by atoms with Gasteiger partial charge in [0.05, 0.1) is 5.41 Å². The monoisotopic (exact) mass is 210 g/mol. The van der Waals surface area contributed by atoms with Gasteiger partial charge < -0.3 is 11.1 Å². The Morgan fingerprint density at radius 1 is 1.40 bits per heavy atom. The molecule has 0 bridgehead atoms. The lowest BCUT2D eigenvalue weighted by Gasteiger charge is -2.34. The van der Waals surface area contributed by atoms with Gasteiger partial charge in [-0.05, 0) is 19.3 Å². The summed E-state index contributed by atoms with van der Waals surface area (Å²) in [5.74, 6) is 0.145. The molecule has 1 aliphatic rings. The van der Waals surface area contributed by atoms with Crippen molar-refractivity contribution in [3.05, 3.63) is 12.7 Å². The summed E-state index contributed by atoms with van der Waals surface area (Å²) in [5.41, 5.74) is 5.48. The van der Waals surface area contributed by atoms with E-state index >= 15 is 0 Å². The van der Waals surface area contributed by atoms with E-state index in [1.807, 2.05) is 6.08 Å². The van der Waals surface area contributed by atoms with Crippen LogP contribution in [0.2, 0.25) is 0 Å².